The van der Waals surface area contributed by atoms with Gasteiger partial charge in [0.15, 0.2) is 0 Å². The van der Waals surface area contributed by atoms with Crippen molar-refractivity contribution in [2.45, 2.75) is 32.7 Å². The minimum atomic E-state index is -0.185. The maximum atomic E-state index is 12.1. The van der Waals surface area contributed by atoms with Crippen LogP contribution in [-0.2, 0) is 11.2 Å². The lowest BCUT2D eigenvalue weighted by atomic mass is 10.0. The van der Waals surface area contributed by atoms with E-state index in [1.165, 1.54) is 5.56 Å². The minimum Gasteiger partial charge on any atom is -0.353 e. The van der Waals surface area contributed by atoms with Crippen molar-refractivity contribution in [3.05, 3.63) is 35.4 Å². The Labute approximate surface area is 125 Å². The van der Waals surface area contributed by atoms with Crippen molar-refractivity contribution in [3.63, 3.8) is 0 Å². The number of hydrogen-bond acceptors (Lipinski definition) is 2. The van der Waals surface area contributed by atoms with Gasteiger partial charge in [0.1, 0.15) is 6.54 Å². The molecular weight excluding hydrogens is 266 g/mol. The molecule has 3 amide bonds. The van der Waals surface area contributed by atoms with Gasteiger partial charge in [0.2, 0.25) is 5.91 Å². The summed E-state index contributed by atoms with van der Waals surface area (Å²) in [5.41, 5.74) is 2.39. The normalized spacial score (nSPS) is 16.3. The van der Waals surface area contributed by atoms with E-state index in [9.17, 15) is 9.59 Å². The van der Waals surface area contributed by atoms with Crippen LogP contribution in [0.25, 0.3) is 0 Å². The van der Waals surface area contributed by atoms with Crippen LogP contribution in [0, 0.1) is 0 Å². The molecule has 1 unspecified atom stereocenters. The Balaban J connectivity index is 1.92. The Bertz CT molecular complexity index is 499. The van der Waals surface area contributed by atoms with Crippen LogP contribution in [0.2, 0.25) is 0 Å². The van der Waals surface area contributed by atoms with Gasteiger partial charge in [-0.3, -0.25) is 4.79 Å². The molecular formula is C16H23N3O2. The van der Waals surface area contributed by atoms with Crippen molar-refractivity contribution in [2.75, 3.05) is 19.6 Å². The number of nitrogens with zero attached hydrogens (tertiary/aromatic N) is 1. The first-order valence-electron chi connectivity index (χ1n) is 7.51. The largest absolute Gasteiger partial charge is 0.353 e. The Morgan fingerprint density at radius 2 is 2.10 bits per heavy atom. The number of carbonyl (C=O) groups excluding carboxylic acids is 2. The molecule has 5 heteroatoms. The maximum absolute atomic E-state index is 12.1. The average molecular weight is 289 g/mol. The first-order chi connectivity index (χ1) is 10.1. The van der Waals surface area contributed by atoms with Crippen LogP contribution >= 0.6 is 0 Å². The Kier molecular flexibility index (Phi) is 5.20. The molecule has 1 aromatic carbocycles. The molecule has 1 fully saturated rings. The lowest BCUT2D eigenvalue weighted by molar-refractivity contribution is -0.123. The third kappa shape index (κ3) is 4.21. The van der Waals surface area contributed by atoms with E-state index < -0.39 is 0 Å². The van der Waals surface area contributed by atoms with Crippen molar-refractivity contribution in [3.8, 4) is 0 Å². The summed E-state index contributed by atoms with van der Waals surface area (Å²) in [7, 11) is 0. The maximum Gasteiger partial charge on any atom is 0.318 e. The summed E-state index contributed by atoms with van der Waals surface area (Å²) in [6.45, 7) is 5.32. The molecule has 2 N–H and O–H groups in total. The zero-order valence-electron chi connectivity index (χ0n) is 12.7. The van der Waals surface area contributed by atoms with E-state index >= 15 is 0 Å². The highest BCUT2D eigenvalue weighted by Crippen LogP contribution is 2.14. The molecule has 1 heterocycles. The van der Waals surface area contributed by atoms with Crippen molar-refractivity contribution in [2.24, 2.45) is 0 Å². The SMILES string of the molecule is CCCc1ccc(C(C)NC(=O)N2CCNC(=O)C2)cc1. The summed E-state index contributed by atoms with van der Waals surface area (Å²) in [6.07, 6.45) is 2.20. The van der Waals surface area contributed by atoms with Gasteiger partial charge in [0.25, 0.3) is 0 Å². The molecule has 1 aliphatic heterocycles. The predicted molar refractivity (Wildman–Crippen MR) is 82.0 cm³/mol. The van der Waals surface area contributed by atoms with E-state index in [1.807, 2.05) is 6.92 Å². The lowest BCUT2D eigenvalue weighted by Gasteiger charge is -2.28. The number of carbonyl (C=O) groups is 2. The number of amides is 3. The van der Waals surface area contributed by atoms with E-state index in [0.29, 0.717) is 13.1 Å². The van der Waals surface area contributed by atoms with Crippen molar-refractivity contribution in [1.82, 2.24) is 15.5 Å². The number of piperazine rings is 1. The average Bonchev–Trinajstić information content (AvgIpc) is 2.48. The van der Waals surface area contributed by atoms with Crippen LogP contribution in [0.15, 0.2) is 24.3 Å². The number of hydrogen-bond donors (Lipinski definition) is 2. The minimum absolute atomic E-state index is 0.0711. The molecule has 21 heavy (non-hydrogen) atoms. The third-order valence-electron chi connectivity index (χ3n) is 3.68. The topological polar surface area (TPSA) is 61.4 Å². The van der Waals surface area contributed by atoms with Gasteiger partial charge in [-0.1, -0.05) is 37.6 Å². The van der Waals surface area contributed by atoms with E-state index in [-0.39, 0.29) is 24.5 Å². The monoisotopic (exact) mass is 289 g/mol. The second-order valence-electron chi connectivity index (χ2n) is 5.43. The summed E-state index contributed by atoms with van der Waals surface area (Å²) in [5.74, 6) is -0.104. The van der Waals surface area contributed by atoms with Crippen molar-refractivity contribution >= 4 is 11.9 Å². The summed E-state index contributed by atoms with van der Waals surface area (Å²) < 4.78 is 0. The summed E-state index contributed by atoms with van der Waals surface area (Å²) >= 11 is 0. The van der Waals surface area contributed by atoms with Crippen molar-refractivity contribution < 1.29 is 9.59 Å². The zero-order chi connectivity index (χ0) is 15.2. The highest BCUT2D eigenvalue weighted by molar-refractivity contribution is 5.85. The second-order valence-corrected chi connectivity index (χ2v) is 5.43. The quantitative estimate of drug-likeness (QED) is 0.888. The molecule has 2 rings (SSSR count). The predicted octanol–water partition coefficient (Wildman–Crippen LogP) is 1.84. The fourth-order valence-electron chi connectivity index (χ4n) is 2.43. The fraction of sp³-hybridized carbons (Fsp3) is 0.500. The smallest absolute Gasteiger partial charge is 0.318 e. The molecule has 0 saturated carbocycles. The summed E-state index contributed by atoms with van der Waals surface area (Å²) in [4.78, 5) is 25.0. The van der Waals surface area contributed by atoms with Crippen molar-refractivity contribution in [1.29, 1.82) is 0 Å². The van der Waals surface area contributed by atoms with Gasteiger partial charge >= 0.3 is 6.03 Å². The van der Waals surface area contributed by atoms with Crippen LogP contribution in [-0.4, -0.2) is 36.5 Å². The number of benzene rings is 1. The van der Waals surface area contributed by atoms with E-state index in [1.54, 1.807) is 4.90 Å². The van der Waals surface area contributed by atoms with Gasteiger partial charge in [-0.15, -0.1) is 0 Å². The van der Waals surface area contributed by atoms with Gasteiger partial charge in [0.05, 0.1) is 6.04 Å². The van der Waals surface area contributed by atoms with Gasteiger partial charge in [-0.25, -0.2) is 4.79 Å². The molecule has 1 aliphatic rings. The van der Waals surface area contributed by atoms with E-state index in [2.05, 4.69) is 41.8 Å². The summed E-state index contributed by atoms with van der Waals surface area (Å²) in [5, 5.41) is 5.65. The van der Waals surface area contributed by atoms with Crippen LogP contribution in [0.3, 0.4) is 0 Å². The molecule has 1 saturated heterocycles. The fourth-order valence-corrected chi connectivity index (χ4v) is 2.43. The highest BCUT2D eigenvalue weighted by Gasteiger charge is 2.22. The lowest BCUT2D eigenvalue weighted by Crippen LogP contribution is -2.53. The van der Waals surface area contributed by atoms with Gasteiger partial charge in [0, 0.05) is 13.1 Å². The molecule has 0 spiro atoms. The second kappa shape index (κ2) is 7.11. The van der Waals surface area contributed by atoms with Crippen LogP contribution in [0.1, 0.15) is 37.4 Å². The van der Waals surface area contributed by atoms with Crippen LogP contribution < -0.4 is 10.6 Å². The molecule has 0 aliphatic carbocycles. The molecule has 0 aromatic heterocycles. The van der Waals surface area contributed by atoms with Gasteiger partial charge in [-0.2, -0.15) is 0 Å². The first-order valence-corrected chi connectivity index (χ1v) is 7.51. The number of urea groups is 1. The molecule has 114 valence electrons. The first kappa shape index (κ1) is 15.4. The number of rotatable bonds is 4. The number of nitrogens with one attached hydrogen (secondary N) is 2. The van der Waals surface area contributed by atoms with E-state index in [0.717, 1.165) is 18.4 Å². The third-order valence-corrected chi connectivity index (χ3v) is 3.68. The van der Waals surface area contributed by atoms with Gasteiger partial charge < -0.3 is 15.5 Å². The van der Waals surface area contributed by atoms with Crippen LogP contribution in [0.5, 0.6) is 0 Å². The van der Waals surface area contributed by atoms with E-state index in [4.69, 9.17) is 0 Å². The highest BCUT2D eigenvalue weighted by atomic mass is 16.2. The van der Waals surface area contributed by atoms with Crippen LogP contribution in [0.4, 0.5) is 4.79 Å². The summed E-state index contributed by atoms with van der Waals surface area (Å²) in [6, 6.07) is 8.07. The molecule has 0 bridgehead atoms. The zero-order valence-corrected chi connectivity index (χ0v) is 12.7. The number of aryl methyl sites for hydroxylation is 1. The standard InChI is InChI=1S/C16H23N3O2/c1-3-4-13-5-7-14(8-6-13)12(2)18-16(21)19-10-9-17-15(20)11-19/h5-8,12H,3-4,9-11H2,1-2H3,(H,17,20)(H,18,21). The van der Waals surface area contributed by atoms with Gasteiger partial charge in [-0.05, 0) is 24.5 Å². The molecule has 5 nitrogen and oxygen atoms in total. The Morgan fingerprint density at radius 1 is 1.38 bits per heavy atom. The Hall–Kier alpha value is -2.04. The Morgan fingerprint density at radius 3 is 2.71 bits per heavy atom. The molecule has 1 aromatic rings. The molecule has 0 radical (unpaired) electrons. The molecule has 1 atom stereocenters.